The summed E-state index contributed by atoms with van der Waals surface area (Å²) in [4.78, 5) is 49.0. The number of ether oxygens (including phenoxy) is 1. The number of hydrogen-bond acceptors (Lipinski definition) is 9. The van der Waals surface area contributed by atoms with Crippen molar-refractivity contribution in [3.8, 4) is 0 Å². The van der Waals surface area contributed by atoms with Crippen molar-refractivity contribution in [2.24, 2.45) is 23.0 Å². The molecule has 0 bridgehead atoms. The molecule has 1 aliphatic carbocycles. The van der Waals surface area contributed by atoms with Gasteiger partial charge in [-0.2, -0.15) is 13.2 Å². The molecule has 12 nitrogen and oxygen atoms in total. The number of aliphatic carboxylic acids is 1. The van der Waals surface area contributed by atoms with E-state index in [-0.39, 0.29) is 32.8 Å². The van der Waals surface area contributed by atoms with Gasteiger partial charge in [-0.1, -0.05) is 215 Å². The predicted molar refractivity (Wildman–Crippen MR) is 317 cm³/mol. The van der Waals surface area contributed by atoms with Crippen LogP contribution in [0.4, 0.5) is 17.6 Å². The number of alkyl halides is 7. The summed E-state index contributed by atoms with van der Waals surface area (Å²) in [5.41, 5.74) is 4.97. The van der Waals surface area contributed by atoms with Crippen molar-refractivity contribution in [2.45, 2.75) is 224 Å². The summed E-state index contributed by atoms with van der Waals surface area (Å²) in [6.07, 6.45) is 9.16. The minimum Gasteiger partial charge on any atom is -0.481 e. The number of unbranched alkanes of at least 4 members (excludes halogenated alkanes) is 3. The van der Waals surface area contributed by atoms with Gasteiger partial charge in [-0.25, -0.2) is 0 Å². The third kappa shape index (κ3) is 3740. The summed E-state index contributed by atoms with van der Waals surface area (Å²) in [6.45, 7) is 45.1. The number of aliphatic hydroxyl groups excluding tert-OH is 1. The maximum Gasteiger partial charge on any atom is 0.386 e. The monoisotopic (exact) mass is 1230 g/mol. The van der Waals surface area contributed by atoms with Gasteiger partial charge in [-0.15, -0.1) is 11.6 Å². The molecule has 1 saturated carbocycles. The molecular weight excluding hydrogens is 1100 g/mol. The van der Waals surface area contributed by atoms with Crippen LogP contribution in [-0.2, 0) is 23.9 Å². The van der Waals surface area contributed by atoms with E-state index < -0.39 is 17.1 Å². The number of halogens is 7. The number of aliphatic hydroxyl groups is 1. The van der Waals surface area contributed by atoms with E-state index in [4.69, 9.17) is 29.9 Å². The standard InChI is InChI=1S/2C5H12.C4H11N.C4H8.2C4H10.C3H6O2.C3H8.C2H3F3.C2H5NO.C2H4O2.C2H6O.C2H4O.C2H6.CH3Br.CH3Cl.CH3F.CH3I.CH3NO2.CH4/c1-5(2,3)4;1-3-5-4-2;1-4-5(2)3;1-4-2-3-4;1-4(2)3;1-3-4-2;1-3(4)5-2;1-3-2;1-2(3,4)5;2*1-2(3)4;2*1-2-3;5*1-2;1-2(3)4;/h1-4H3;3-5H2,1-2H3;4H2,1-3H3;4H,2-3H2,1H3;4H,1-3H3;3-4H2,1-2H3;1-2H3;3H2,1-2H3;1H3;1H3,(H2,3,4);1H3,(H,3,4);3H,2H2,1H3;2H,1H3;1-2H3;4*1H3;1H3;1H4. The van der Waals surface area contributed by atoms with Crippen molar-refractivity contribution in [1.82, 2.24) is 4.90 Å². The van der Waals surface area contributed by atoms with Crippen molar-refractivity contribution in [1.29, 1.82) is 0 Å². The number of carboxylic acids is 1. The maximum absolute atomic E-state index is 10.4. The largest absolute Gasteiger partial charge is 0.481 e. The van der Waals surface area contributed by atoms with Gasteiger partial charge in [0.05, 0.1) is 14.3 Å². The van der Waals surface area contributed by atoms with E-state index in [1.165, 1.54) is 85.6 Å². The number of methoxy groups -OCH3 is 1. The lowest BCUT2D eigenvalue weighted by Crippen LogP contribution is -2.08. The average Bonchev–Trinajstić information content (AvgIpc) is 4.00. The second kappa shape index (κ2) is 151. The van der Waals surface area contributed by atoms with E-state index >= 15 is 0 Å². The second-order valence-corrected chi connectivity index (χ2v) is 14.5. The Hall–Kier alpha value is -1.38. The molecule has 442 valence electrons. The molecule has 4 N–H and O–H groups in total. The van der Waals surface area contributed by atoms with Gasteiger partial charge < -0.3 is 30.4 Å². The number of aldehydes is 1. The summed E-state index contributed by atoms with van der Waals surface area (Å²) in [5.74, 6) is 2.32. The third-order valence-electron chi connectivity index (χ3n) is 2.99. The highest BCUT2D eigenvalue weighted by Gasteiger charge is 2.15. The SMILES string of the molecule is C.CBr.CC.CC(=O)O.CC(C)(C)C.CC(C)C.CC(F)(F)F.CC(N)=O.CC1CC1.CC=O.CCC.CCCC.CCCCC.CCN(C)C.CCO.CCl.CF.CI.COC(C)=O.C[N+](=O)[O-]. The average molecular weight is 1230 g/mol. The Labute approximate surface area is 456 Å². The van der Waals surface area contributed by atoms with E-state index in [0.29, 0.717) is 12.6 Å². The summed E-state index contributed by atoms with van der Waals surface area (Å²) >= 11 is 9.73. The Kier molecular flexibility index (Phi) is 277. The first-order chi connectivity index (χ1) is 30.9. The Morgan fingerprint density at radius 1 is 0.855 bits per heavy atom. The zero-order valence-corrected chi connectivity index (χ0v) is 54.7. The van der Waals surface area contributed by atoms with Crippen LogP contribution in [0.1, 0.15) is 218 Å². The number of nitro groups is 1. The van der Waals surface area contributed by atoms with Crippen LogP contribution in [0.2, 0.25) is 0 Å². The molecular formula is C50H124BrClF4IN3O9. The topological polar surface area (TPSA) is 190 Å². The first-order valence-corrected chi connectivity index (χ1v) is 27.3. The number of carboxylic acid groups (broad SMARTS) is 1. The van der Waals surface area contributed by atoms with Crippen LogP contribution in [0.25, 0.3) is 0 Å². The number of nitrogens with two attached hydrogens (primary N) is 1. The molecule has 0 unspecified atom stereocenters. The van der Waals surface area contributed by atoms with E-state index in [9.17, 15) is 27.2 Å². The molecule has 0 aromatic carbocycles. The summed E-state index contributed by atoms with van der Waals surface area (Å²) < 4.78 is 44.7. The van der Waals surface area contributed by atoms with Crippen LogP contribution in [0.5, 0.6) is 0 Å². The summed E-state index contributed by atoms with van der Waals surface area (Å²) in [7, 11) is 6.85. The van der Waals surface area contributed by atoms with E-state index in [1.807, 2.05) is 24.6 Å². The molecule has 69 heavy (non-hydrogen) atoms. The van der Waals surface area contributed by atoms with Gasteiger partial charge in [-0.3, -0.25) is 28.9 Å². The lowest BCUT2D eigenvalue weighted by atomic mass is 10.0. The van der Waals surface area contributed by atoms with Gasteiger partial charge in [0.2, 0.25) is 5.91 Å². The molecule has 0 aromatic rings. The second-order valence-electron chi connectivity index (χ2n) is 14.5. The summed E-state index contributed by atoms with van der Waals surface area (Å²) in [5, 5.41) is 23.8. The molecule has 0 radical (unpaired) electrons. The van der Waals surface area contributed by atoms with E-state index in [0.717, 1.165) is 38.6 Å². The fourth-order valence-electron chi connectivity index (χ4n) is 0.520. The zero-order valence-electron chi connectivity index (χ0n) is 50.2. The fourth-order valence-corrected chi connectivity index (χ4v) is 0.520. The van der Waals surface area contributed by atoms with Gasteiger partial charge in [0, 0.05) is 45.6 Å². The zero-order chi connectivity index (χ0) is 60.5. The van der Waals surface area contributed by atoms with Crippen LogP contribution >= 0.6 is 50.1 Å². The van der Waals surface area contributed by atoms with Gasteiger partial charge >= 0.3 is 12.1 Å². The highest BCUT2D eigenvalue weighted by molar-refractivity contribution is 14.1. The van der Waals surface area contributed by atoms with E-state index in [1.54, 1.807) is 6.92 Å². The van der Waals surface area contributed by atoms with Gasteiger partial charge in [0.15, 0.2) is 7.05 Å². The lowest BCUT2D eigenvalue weighted by molar-refractivity contribution is -0.445. The molecule has 1 amide bonds. The molecule has 1 fully saturated rings. The van der Waals surface area contributed by atoms with E-state index in [2.05, 4.69) is 183 Å². The highest BCUT2D eigenvalue weighted by atomic mass is 127. The smallest absolute Gasteiger partial charge is 0.386 e. The van der Waals surface area contributed by atoms with Gasteiger partial charge in [0.1, 0.15) is 6.29 Å². The number of nitrogens with zero attached hydrogens (tertiary/aromatic N) is 2. The Morgan fingerprint density at radius 2 is 0.942 bits per heavy atom. The Bertz CT molecular complexity index is 674. The number of primary amides is 1. The first kappa shape index (κ1) is 127. The van der Waals surface area contributed by atoms with Crippen molar-refractivity contribution < 1.29 is 56.6 Å². The molecule has 1 aliphatic rings. The quantitative estimate of drug-likeness (QED) is 0.0464. The minimum atomic E-state index is -4.00. The molecule has 0 aliphatic heterocycles. The molecule has 0 aromatic heterocycles. The Morgan fingerprint density at radius 3 is 0.942 bits per heavy atom. The van der Waals surface area contributed by atoms with Crippen molar-refractivity contribution in [3.63, 3.8) is 0 Å². The molecule has 19 heteroatoms. The number of carbonyl (C=O) groups is 4. The number of amides is 1. The number of hydrogen-bond donors (Lipinski definition) is 3. The van der Waals surface area contributed by atoms with Crippen molar-refractivity contribution in [3.05, 3.63) is 10.1 Å². The lowest BCUT2D eigenvalue weighted by Gasteiger charge is -2.05. The number of carbonyl (C=O) groups excluding carboxylic acids is 3. The van der Waals surface area contributed by atoms with Crippen LogP contribution in [0.15, 0.2) is 0 Å². The molecule has 1 rings (SSSR count). The van der Waals surface area contributed by atoms with Gasteiger partial charge in [0.25, 0.3) is 5.97 Å². The number of rotatable bonds is 4. The maximum atomic E-state index is 10.4. The minimum absolute atomic E-state index is 0. The molecule has 0 saturated heterocycles. The van der Waals surface area contributed by atoms with Crippen LogP contribution in [0, 0.1) is 27.4 Å². The normalized spacial score (nSPS) is 8.25. The highest BCUT2D eigenvalue weighted by Crippen LogP contribution is 2.26. The van der Waals surface area contributed by atoms with Crippen molar-refractivity contribution >= 4 is 74.3 Å². The fraction of sp³-hybridized carbons (Fsp3) is 0.920. The third-order valence-corrected chi connectivity index (χ3v) is 2.99. The number of esters is 1. The van der Waals surface area contributed by atoms with Gasteiger partial charge in [-0.05, 0) is 62.5 Å². The first-order valence-electron chi connectivity index (χ1n) is 22.8. The molecule has 0 spiro atoms. The predicted octanol–water partition coefficient (Wildman–Crippen LogP) is 17.7. The summed E-state index contributed by atoms with van der Waals surface area (Å²) in [6, 6.07) is 0. The van der Waals surface area contributed by atoms with Crippen LogP contribution in [0.3, 0.4) is 0 Å². The van der Waals surface area contributed by atoms with Crippen molar-refractivity contribution in [2.75, 3.05) is 65.7 Å². The Balaban J connectivity index is -0.0000000227. The van der Waals surface area contributed by atoms with Crippen LogP contribution in [-0.4, -0.2) is 116 Å². The van der Waals surface area contributed by atoms with Crippen LogP contribution < -0.4 is 5.73 Å². The molecule has 0 atom stereocenters. The molecule has 0 heterocycles.